The lowest BCUT2D eigenvalue weighted by atomic mass is 10.2. The van der Waals surface area contributed by atoms with Crippen molar-refractivity contribution in [1.82, 2.24) is 14.5 Å². The lowest BCUT2D eigenvalue weighted by Gasteiger charge is -2.21. The van der Waals surface area contributed by atoms with E-state index in [1.54, 1.807) is 21.5 Å². The predicted molar refractivity (Wildman–Crippen MR) is 164 cm³/mol. The molecule has 0 radical (unpaired) electrons. The molecule has 42 heavy (non-hydrogen) atoms. The third kappa shape index (κ3) is 6.82. The fraction of sp³-hybridized carbons (Fsp3) is 0.229. The van der Waals surface area contributed by atoms with Crippen molar-refractivity contribution in [2.75, 3.05) is 13.2 Å². The zero-order chi connectivity index (χ0) is 28.6. The minimum Gasteiger partial charge on any atom is -0.492 e. The van der Waals surface area contributed by atoms with Gasteiger partial charge in [-0.15, -0.1) is 0 Å². The summed E-state index contributed by atoms with van der Waals surface area (Å²) >= 11 is 0. The Balaban J connectivity index is 0.989. The lowest BCUT2D eigenvalue weighted by molar-refractivity contribution is 0.0273. The first kappa shape index (κ1) is 27.6. The summed E-state index contributed by atoms with van der Waals surface area (Å²) in [6.45, 7) is 1.95. The molecule has 7 nitrogen and oxygen atoms in total. The van der Waals surface area contributed by atoms with Gasteiger partial charge in [0.1, 0.15) is 23.9 Å². The van der Waals surface area contributed by atoms with Crippen molar-refractivity contribution in [2.24, 2.45) is 0 Å². The molecule has 1 fully saturated rings. The second kappa shape index (κ2) is 13.4. The van der Waals surface area contributed by atoms with Crippen LogP contribution < -0.4 is 20.5 Å². The zero-order valence-corrected chi connectivity index (χ0v) is 23.5. The van der Waals surface area contributed by atoms with Crippen LogP contribution in [-0.4, -0.2) is 34.4 Å². The summed E-state index contributed by atoms with van der Waals surface area (Å²) in [6.07, 6.45) is 7.15. The second-order valence-electron chi connectivity index (χ2n) is 10.4. The summed E-state index contributed by atoms with van der Waals surface area (Å²) in [5, 5.41) is 3.61. The van der Waals surface area contributed by atoms with Crippen LogP contribution in [-0.2, 0) is 11.3 Å². The van der Waals surface area contributed by atoms with Gasteiger partial charge in [-0.05, 0) is 85.5 Å². The average Bonchev–Trinajstić information content (AvgIpc) is 3.66. The van der Waals surface area contributed by atoms with Crippen molar-refractivity contribution in [3.63, 3.8) is 0 Å². The van der Waals surface area contributed by atoms with Crippen LogP contribution in [0.25, 0.3) is 11.4 Å². The number of hydrogen-bond donors (Lipinski definition) is 1. The van der Waals surface area contributed by atoms with Crippen molar-refractivity contribution < 1.29 is 14.2 Å². The van der Waals surface area contributed by atoms with Crippen LogP contribution in [0.5, 0.6) is 17.2 Å². The van der Waals surface area contributed by atoms with E-state index in [2.05, 4.69) is 17.4 Å². The summed E-state index contributed by atoms with van der Waals surface area (Å²) in [5.41, 5.74) is 2.60. The molecule has 2 atom stereocenters. The Bertz CT molecular complexity index is 1600. The molecule has 1 aliphatic carbocycles. The molecule has 1 N–H and O–H groups in total. The number of ether oxygens (including phenoxy) is 3. The number of para-hydroxylation sites is 1. The molecule has 0 amide bonds. The molecule has 0 saturated heterocycles. The first-order valence-corrected chi connectivity index (χ1v) is 14.5. The van der Waals surface area contributed by atoms with Gasteiger partial charge >= 0.3 is 5.69 Å². The minimum atomic E-state index is -0.148. The van der Waals surface area contributed by atoms with Crippen LogP contribution >= 0.6 is 0 Å². The largest absolute Gasteiger partial charge is 0.492 e. The van der Waals surface area contributed by atoms with Crippen molar-refractivity contribution >= 4 is 0 Å². The molecule has 4 aromatic carbocycles. The highest BCUT2D eigenvalue weighted by Gasteiger charge is 2.27. The Morgan fingerprint density at radius 1 is 0.690 bits per heavy atom. The second-order valence-corrected chi connectivity index (χ2v) is 10.4. The van der Waals surface area contributed by atoms with Crippen molar-refractivity contribution in [2.45, 2.75) is 38.0 Å². The highest BCUT2D eigenvalue weighted by Crippen LogP contribution is 2.24. The Labute approximate surface area is 245 Å². The highest BCUT2D eigenvalue weighted by atomic mass is 16.5. The quantitative estimate of drug-likeness (QED) is 0.176. The molecule has 1 aromatic heterocycles. The molecule has 0 aliphatic heterocycles. The van der Waals surface area contributed by atoms with Gasteiger partial charge in [-0.25, -0.2) is 4.79 Å². The van der Waals surface area contributed by atoms with Crippen molar-refractivity contribution in [3.8, 4) is 28.6 Å². The van der Waals surface area contributed by atoms with E-state index < -0.39 is 0 Å². The molecule has 214 valence electrons. The summed E-state index contributed by atoms with van der Waals surface area (Å²) < 4.78 is 21.3. The first-order chi connectivity index (χ1) is 20.7. The molecular formula is C35H35N3O4. The number of benzene rings is 4. The smallest absolute Gasteiger partial charge is 0.337 e. The van der Waals surface area contributed by atoms with Crippen molar-refractivity contribution in [3.05, 3.63) is 138 Å². The molecule has 7 heteroatoms. The number of nitrogens with zero attached hydrogens (tertiary/aromatic N) is 2. The molecule has 2 unspecified atom stereocenters. The van der Waals surface area contributed by atoms with Gasteiger partial charge in [-0.3, -0.25) is 9.13 Å². The van der Waals surface area contributed by atoms with E-state index in [1.165, 1.54) is 12.0 Å². The van der Waals surface area contributed by atoms with Gasteiger partial charge in [0.2, 0.25) is 0 Å². The van der Waals surface area contributed by atoms with Gasteiger partial charge in [-0.1, -0.05) is 48.5 Å². The van der Waals surface area contributed by atoms with Crippen LogP contribution in [0.1, 0.15) is 24.8 Å². The standard InChI is InChI=1S/C35H35N3O4/c39-35-37(23-24-38(35)29-16-20-32(21-17-29)42-31-10-5-2-6-11-31)28-14-18-30(19-15-28)40-25-22-36-33-12-7-13-34(33)41-26-27-8-3-1-4-9-27/h1-6,8-11,14-21,23-24,33-34,36H,7,12-13,22,25-26H2. The van der Waals surface area contributed by atoms with Gasteiger partial charge in [0.25, 0.3) is 0 Å². The van der Waals surface area contributed by atoms with Crippen molar-refractivity contribution in [1.29, 1.82) is 0 Å². The topological polar surface area (TPSA) is 66.6 Å². The maximum atomic E-state index is 13.2. The molecule has 1 saturated carbocycles. The fourth-order valence-electron chi connectivity index (χ4n) is 5.32. The van der Waals surface area contributed by atoms with Crippen LogP contribution in [0.4, 0.5) is 0 Å². The number of nitrogens with one attached hydrogen (secondary N) is 1. The summed E-state index contributed by atoms with van der Waals surface area (Å²) in [6, 6.07) is 35.3. The van der Waals surface area contributed by atoms with E-state index in [0.29, 0.717) is 25.0 Å². The van der Waals surface area contributed by atoms with Gasteiger partial charge in [0, 0.05) is 25.0 Å². The summed E-state index contributed by atoms with van der Waals surface area (Å²) in [5.74, 6) is 2.25. The number of aromatic nitrogens is 2. The lowest BCUT2D eigenvalue weighted by Crippen LogP contribution is -2.39. The van der Waals surface area contributed by atoms with Gasteiger partial charge in [0.05, 0.1) is 24.1 Å². The van der Waals surface area contributed by atoms with E-state index >= 15 is 0 Å². The monoisotopic (exact) mass is 561 g/mol. The van der Waals surface area contributed by atoms with E-state index in [-0.39, 0.29) is 11.8 Å². The first-order valence-electron chi connectivity index (χ1n) is 14.5. The molecule has 6 rings (SSSR count). The molecule has 1 aliphatic rings. The third-order valence-corrected chi connectivity index (χ3v) is 7.52. The summed E-state index contributed by atoms with van der Waals surface area (Å²) in [4.78, 5) is 13.2. The summed E-state index contributed by atoms with van der Waals surface area (Å²) in [7, 11) is 0. The molecule has 5 aromatic rings. The molecule has 0 bridgehead atoms. The predicted octanol–water partition coefficient (Wildman–Crippen LogP) is 6.53. The van der Waals surface area contributed by atoms with Crippen LogP contribution in [0.3, 0.4) is 0 Å². The maximum Gasteiger partial charge on any atom is 0.337 e. The number of rotatable bonds is 12. The highest BCUT2D eigenvalue weighted by molar-refractivity contribution is 5.41. The molecular weight excluding hydrogens is 526 g/mol. The Hall–Kier alpha value is -4.59. The maximum absolute atomic E-state index is 13.2. The normalized spacial score (nSPS) is 16.4. The Morgan fingerprint density at radius 2 is 1.29 bits per heavy atom. The number of hydrogen-bond acceptors (Lipinski definition) is 5. The van der Waals surface area contributed by atoms with Gasteiger partial charge < -0.3 is 19.5 Å². The van der Waals surface area contributed by atoms with Crippen LogP contribution in [0, 0.1) is 0 Å². The zero-order valence-electron chi connectivity index (χ0n) is 23.5. The van der Waals surface area contributed by atoms with Crippen LogP contribution in [0.2, 0.25) is 0 Å². The molecule has 1 heterocycles. The Morgan fingerprint density at radius 3 is 1.95 bits per heavy atom. The Kier molecular flexibility index (Phi) is 8.78. The minimum absolute atomic E-state index is 0.148. The van der Waals surface area contributed by atoms with E-state index in [0.717, 1.165) is 42.3 Å². The fourth-order valence-corrected chi connectivity index (χ4v) is 5.32. The van der Waals surface area contributed by atoms with Crippen LogP contribution in [0.15, 0.2) is 126 Å². The third-order valence-electron chi connectivity index (χ3n) is 7.52. The van der Waals surface area contributed by atoms with Gasteiger partial charge in [0.15, 0.2) is 0 Å². The van der Waals surface area contributed by atoms with E-state index in [1.807, 2.05) is 97.1 Å². The average molecular weight is 562 g/mol. The van der Waals surface area contributed by atoms with Gasteiger partial charge in [-0.2, -0.15) is 0 Å². The SMILES string of the molecule is O=c1n(-c2ccc(OCCNC3CCCC3OCc3ccccc3)cc2)ccn1-c1ccc(Oc2ccccc2)cc1. The molecule has 0 spiro atoms. The van der Waals surface area contributed by atoms with E-state index in [9.17, 15) is 4.79 Å². The number of imidazole rings is 1. The van der Waals surface area contributed by atoms with E-state index in [4.69, 9.17) is 14.2 Å².